The molecule has 0 bridgehead atoms. The molecular formula is C14H21N4OS2+. The lowest BCUT2D eigenvalue weighted by Gasteiger charge is -2.02. The van der Waals surface area contributed by atoms with Crippen LogP contribution in [0.15, 0.2) is 24.8 Å². The van der Waals surface area contributed by atoms with E-state index in [2.05, 4.69) is 14.1 Å². The van der Waals surface area contributed by atoms with Gasteiger partial charge in [0.05, 0.1) is 37.1 Å². The maximum atomic E-state index is 11.9. The first-order valence-corrected chi connectivity index (χ1v) is 9.02. The lowest BCUT2D eigenvalue weighted by molar-refractivity contribution is -0.677. The molecule has 0 saturated heterocycles. The summed E-state index contributed by atoms with van der Waals surface area (Å²) in [5.41, 5.74) is 0. The van der Waals surface area contributed by atoms with Crippen LogP contribution in [0.2, 0.25) is 0 Å². The molecule has 0 fully saturated rings. The van der Waals surface area contributed by atoms with Crippen LogP contribution in [0, 0.1) is 0 Å². The van der Waals surface area contributed by atoms with Gasteiger partial charge < -0.3 is 4.57 Å². The standard InChI is InChI=1S/C14H21N4OS2/c1-16-5-4-15-13(16)10-20-8-12(19)9-21-11-14-17(2)6-7-18(14)3/h4-7H,8-11H2,1-3H3/q+1. The van der Waals surface area contributed by atoms with Gasteiger partial charge in [0.1, 0.15) is 18.2 Å². The zero-order valence-electron chi connectivity index (χ0n) is 12.7. The Hall–Kier alpha value is -1.21. The Labute approximate surface area is 133 Å². The molecular weight excluding hydrogens is 304 g/mol. The summed E-state index contributed by atoms with van der Waals surface area (Å²) in [6.07, 6.45) is 7.77. The molecule has 0 unspecified atom stereocenters. The van der Waals surface area contributed by atoms with Crippen LogP contribution in [0.3, 0.4) is 0 Å². The second kappa shape index (κ2) is 7.70. The van der Waals surface area contributed by atoms with E-state index >= 15 is 0 Å². The van der Waals surface area contributed by atoms with Gasteiger partial charge in [-0.05, 0) is 0 Å². The van der Waals surface area contributed by atoms with E-state index in [9.17, 15) is 4.79 Å². The Morgan fingerprint density at radius 1 is 1.19 bits per heavy atom. The van der Waals surface area contributed by atoms with E-state index < -0.39 is 0 Å². The van der Waals surface area contributed by atoms with Crippen molar-refractivity contribution in [2.24, 2.45) is 21.1 Å². The van der Waals surface area contributed by atoms with Crippen molar-refractivity contribution in [2.75, 3.05) is 11.5 Å². The Morgan fingerprint density at radius 3 is 2.48 bits per heavy atom. The third-order valence-corrected chi connectivity index (χ3v) is 5.21. The highest BCUT2D eigenvalue weighted by atomic mass is 32.2. The Balaban J connectivity index is 1.65. The van der Waals surface area contributed by atoms with Crippen molar-refractivity contribution < 1.29 is 9.36 Å². The minimum Gasteiger partial charge on any atom is -0.337 e. The van der Waals surface area contributed by atoms with Crippen molar-refractivity contribution in [1.82, 2.24) is 14.1 Å². The molecule has 2 heterocycles. The Morgan fingerprint density at radius 2 is 1.90 bits per heavy atom. The number of hydrogen-bond donors (Lipinski definition) is 0. The van der Waals surface area contributed by atoms with Gasteiger partial charge in [-0.15, -0.1) is 23.5 Å². The predicted molar refractivity (Wildman–Crippen MR) is 87.1 cm³/mol. The number of ketones is 1. The number of Topliss-reactive ketones (excluding diaryl/α,β-unsaturated/α-hetero) is 1. The average Bonchev–Trinajstić information content (AvgIpc) is 2.99. The summed E-state index contributed by atoms with van der Waals surface area (Å²) in [6, 6.07) is 0. The van der Waals surface area contributed by atoms with Gasteiger partial charge in [-0.3, -0.25) is 4.79 Å². The molecule has 2 aromatic rings. The summed E-state index contributed by atoms with van der Waals surface area (Å²) in [7, 11) is 6.03. The molecule has 0 N–H and O–H groups in total. The van der Waals surface area contributed by atoms with E-state index in [1.165, 1.54) is 5.82 Å². The molecule has 21 heavy (non-hydrogen) atoms. The highest BCUT2D eigenvalue weighted by molar-refractivity contribution is 8.00. The first kappa shape index (κ1) is 16.2. The number of aromatic nitrogens is 4. The van der Waals surface area contributed by atoms with Crippen LogP contribution in [0.1, 0.15) is 11.6 Å². The number of rotatable bonds is 8. The van der Waals surface area contributed by atoms with Gasteiger partial charge in [-0.2, -0.15) is 0 Å². The second-order valence-corrected chi connectivity index (χ2v) is 6.89. The zero-order valence-corrected chi connectivity index (χ0v) is 14.3. The van der Waals surface area contributed by atoms with Gasteiger partial charge in [0.25, 0.3) is 5.82 Å². The molecule has 0 aliphatic rings. The highest BCUT2D eigenvalue weighted by Gasteiger charge is 2.12. The third kappa shape index (κ3) is 4.64. The molecule has 0 radical (unpaired) electrons. The summed E-state index contributed by atoms with van der Waals surface area (Å²) >= 11 is 3.30. The number of carbonyl (C=O) groups excluding carboxylic acids is 1. The smallest absolute Gasteiger partial charge is 0.266 e. The van der Waals surface area contributed by atoms with E-state index in [0.29, 0.717) is 11.5 Å². The molecule has 0 saturated carbocycles. The molecule has 0 atom stereocenters. The molecule has 0 aliphatic heterocycles. The molecule has 7 heteroatoms. The fraction of sp³-hybridized carbons (Fsp3) is 0.500. The fourth-order valence-corrected chi connectivity index (χ4v) is 3.96. The number of nitrogens with zero attached hydrogens (tertiary/aromatic N) is 4. The summed E-state index contributed by atoms with van der Waals surface area (Å²) in [5.74, 6) is 5.28. The van der Waals surface area contributed by atoms with E-state index in [0.717, 1.165) is 17.3 Å². The van der Waals surface area contributed by atoms with Gasteiger partial charge in [-0.25, -0.2) is 14.1 Å². The van der Waals surface area contributed by atoms with Gasteiger partial charge in [0.2, 0.25) is 0 Å². The lowest BCUT2D eigenvalue weighted by atomic mass is 10.5. The minimum absolute atomic E-state index is 0.288. The third-order valence-electron chi connectivity index (χ3n) is 3.24. The highest BCUT2D eigenvalue weighted by Crippen LogP contribution is 2.13. The van der Waals surface area contributed by atoms with Crippen LogP contribution in [0.5, 0.6) is 0 Å². The minimum atomic E-state index is 0.288. The van der Waals surface area contributed by atoms with E-state index in [1.807, 2.05) is 44.3 Å². The predicted octanol–water partition coefficient (Wildman–Crippen LogP) is 1.32. The van der Waals surface area contributed by atoms with Crippen molar-refractivity contribution >= 4 is 29.3 Å². The average molecular weight is 325 g/mol. The zero-order chi connectivity index (χ0) is 15.2. The number of imidazole rings is 2. The molecule has 2 aromatic heterocycles. The van der Waals surface area contributed by atoms with Crippen LogP contribution < -0.4 is 4.57 Å². The summed E-state index contributed by atoms with van der Waals surface area (Å²) in [4.78, 5) is 16.1. The molecule has 0 spiro atoms. The Kier molecular flexibility index (Phi) is 5.93. The van der Waals surface area contributed by atoms with Crippen molar-refractivity contribution in [3.63, 3.8) is 0 Å². The monoisotopic (exact) mass is 325 g/mol. The van der Waals surface area contributed by atoms with Gasteiger partial charge in [0.15, 0.2) is 5.78 Å². The van der Waals surface area contributed by atoms with Crippen molar-refractivity contribution in [2.45, 2.75) is 11.5 Å². The summed E-state index contributed by atoms with van der Waals surface area (Å²) in [5, 5.41) is 0. The topological polar surface area (TPSA) is 43.7 Å². The summed E-state index contributed by atoms with van der Waals surface area (Å²) in [6.45, 7) is 0. The molecule has 2 rings (SSSR count). The largest absolute Gasteiger partial charge is 0.337 e. The Bertz CT molecular complexity index is 586. The van der Waals surface area contributed by atoms with Crippen molar-refractivity contribution in [1.29, 1.82) is 0 Å². The van der Waals surface area contributed by atoms with Crippen molar-refractivity contribution in [3.05, 3.63) is 36.4 Å². The fourth-order valence-electron chi connectivity index (χ4n) is 1.91. The van der Waals surface area contributed by atoms with Gasteiger partial charge in [0, 0.05) is 19.4 Å². The maximum Gasteiger partial charge on any atom is 0.266 e. The van der Waals surface area contributed by atoms with Gasteiger partial charge in [-0.1, -0.05) is 0 Å². The normalized spacial score (nSPS) is 11.0. The summed E-state index contributed by atoms with van der Waals surface area (Å²) < 4.78 is 6.17. The molecule has 114 valence electrons. The first-order chi connectivity index (χ1) is 10.1. The number of thioether (sulfide) groups is 2. The van der Waals surface area contributed by atoms with E-state index in [4.69, 9.17) is 0 Å². The second-order valence-electron chi connectivity index (χ2n) is 4.91. The van der Waals surface area contributed by atoms with Crippen LogP contribution in [-0.2, 0) is 37.4 Å². The molecule has 0 aliphatic carbocycles. The van der Waals surface area contributed by atoms with Crippen LogP contribution in [0.25, 0.3) is 0 Å². The number of aryl methyl sites for hydroxylation is 3. The molecule has 0 amide bonds. The van der Waals surface area contributed by atoms with Crippen LogP contribution in [0.4, 0.5) is 0 Å². The number of carbonyl (C=O) groups is 1. The van der Waals surface area contributed by atoms with E-state index in [1.54, 1.807) is 29.7 Å². The first-order valence-electron chi connectivity index (χ1n) is 6.71. The quantitative estimate of drug-likeness (QED) is 0.687. The SMILES string of the molecule is Cn1ccnc1CSCC(=O)CSCc1n(C)cc[n+]1C. The van der Waals surface area contributed by atoms with Crippen LogP contribution in [-0.4, -0.2) is 31.4 Å². The van der Waals surface area contributed by atoms with Crippen LogP contribution >= 0.6 is 23.5 Å². The molecule has 5 nitrogen and oxygen atoms in total. The van der Waals surface area contributed by atoms with Gasteiger partial charge >= 0.3 is 0 Å². The lowest BCUT2D eigenvalue weighted by Crippen LogP contribution is -2.31. The maximum absolute atomic E-state index is 11.9. The molecule has 0 aromatic carbocycles. The number of hydrogen-bond acceptors (Lipinski definition) is 4. The van der Waals surface area contributed by atoms with E-state index in [-0.39, 0.29) is 5.78 Å². The van der Waals surface area contributed by atoms with Crippen molar-refractivity contribution in [3.8, 4) is 0 Å².